The number of rotatable bonds is 6. The molecule has 4 amide bonds. The molecule has 0 aliphatic heterocycles. The minimum Gasteiger partial charge on any atom is -0.338 e. The Hall–Kier alpha value is -1.46. The fourth-order valence-corrected chi connectivity index (χ4v) is 3.18. The van der Waals surface area contributed by atoms with E-state index in [4.69, 9.17) is 0 Å². The van der Waals surface area contributed by atoms with Gasteiger partial charge in [0.25, 0.3) is 0 Å². The van der Waals surface area contributed by atoms with Crippen molar-refractivity contribution in [2.24, 2.45) is 11.8 Å². The van der Waals surface area contributed by atoms with Crippen molar-refractivity contribution in [1.82, 2.24) is 21.3 Å². The molecule has 3 fully saturated rings. The van der Waals surface area contributed by atoms with Gasteiger partial charge in [-0.15, -0.1) is 0 Å². The van der Waals surface area contributed by atoms with E-state index in [1.165, 1.54) is 19.3 Å². The average Bonchev–Trinajstić information content (AvgIpc) is 3.40. The van der Waals surface area contributed by atoms with E-state index in [1.54, 1.807) is 0 Å². The maximum Gasteiger partial charge on any atom is 0.315 e. The summed E-state index contributed by atoms with van der Waals surface area (Å²) in [6.45, 7) is 1.51. The smallest absolute Gasteiger partial charge is 0.315 e. The van der Waals surface area contributed by atoms with Crippen LogP contribution in [0.3, 0.4) is 0 Å². The molecule has 3 saturated carbocycles. The molecule has 0 saturated heterocycles. The molecule has 0 unspecified atom stereocenters. The van der Waals surface area contributed by atoms with Crippen LogP contribution in [0.15, 0.2) is 0 Å². The van der Waals surface area contributed by atoms with Gasteiger partial charge >= 0.3 is 12.1 Å². The van der Waals surface area contributed by atoms with Crippen LogP contribution in [-0.4, -0.2) is 37.2 Å². The first kappa shape index (κ1) is 15.4. The van der Waals surface area contributed by atoms with E-state index in [0.717, 1.165) is 45.2 Å². The molecule has 0 aromatic rings. The third-order valence-electron chi connectivity index (χ3n) is 4.82. The summed E-state index contributed by atoms with van der Waals surface area (Å²) in [6.07, 6.45) is 9.10. The van der Waals surface area contributed by atoms with Gasteiger partial charge in [0.15, 0.2) is 0 Å². The van der Waals surface area contributed by atoms with Gasteiger partial charge in [0, 0.05) is 25.2 Å². The third kappa shape index (κ3) is 5.39. The minimum atomic E-state index is -0.0217. The Balaban J connectivity index is 1.29. The molecule has 6 nitrogen and oxygen atoms in total. The molecule has 0 bridgehead atoms. The summed E-state index contributed by atoms with van der Waals surface area (Å²) in [5.74, 6) is 1.08. The van der Waals surface area contributed by atoms with E-state index in [1.807, 2.05) is 0 Å². The quantitative estimate of drug-likeness (QED) is 0.602. The molecule has 0 aromatic carbocycles. The topological polar surface area (TPSA) is 82.3 Å². The Morgan fingerprint density at radius 1 is 0.727 bits per heavy atom. The molecular formula is C16H28N4O2. The number of amides is 4. The van der Waals surface area contributed by atoms with Gasteiger partial charge in [0.1, 0.15) is 0 Å². The number of nitrogens with one attached hydrogen (secondary N) is 4. The van der Waals surface area contributed by atoms with Crippen LogP contribution in [0.25, 0.3) is 0 Å². The van der Waals surface area contributed by atoms with Gasteiger partial charge in [0.2, 0.25) is 0 Å². The second-order valence-electron chi connectivity index (χ2n) is 7.16. The zero-order valence-corrected chi connectivity index (χ0v) is 13.2. The molecular weight excluding hydrogens is 280 g/mol. The molecule has 0 radical (unpaired) electrons. The standard InChI is InChI=1S/C16H28N4O2/c21-15(19-13-4-5-13)17-9-11-2-1-3-12(8-11)10-18-16(22)20-14-6-7-14/h11-14H,1-10H2,(H2,17,19,21)(H2,18,20,22)/t11-,12-/m1/s1. The zero-order valence-electron chi connectivity index (χ0n) is 13.2. The fourth-order valence-electron chi connectivity index (χ4n) is 3.18. The van der Waals surface area contributed by atoms with Crippen molar-refractivity contribution in [3.05, 3.63) is 0 Å². The molecule has 0 spiro atoms. The van der Waals surface area contributed by atoms with Gasteiger partial charge in [-0.1, -0.05) is 6.42 Å². The maximum absolute atomic E-state index is 11.7. The predicted octanol–water partition coefficient (Wildman–Crippen LogP) is 1.72. The second kappa shape index (κ2) is 7.20. The molecule has 3 aliphatic rings. The molecule has 124 valence electrons. The minimum absolute atomic E-state index is 0.0217. The van der Waals surface area contributed by atoms with Crippen LogP contribution in [0.1, 0.15) is 51.4 Å². The van der Waals surface area contributed by atoms with Gasteiger partial charge in [-0.2, -0.15) is 0 Å². The van der Waals surface area contributed by atoms with Gasteiger partial charge in [-0.25, -0.2) is 9.59 Å². The van der Waals surface area contributed by atoms with Gasteiger partial charge < -0.3 is 21.3 Å². The van der Waals surface area contributed by atoms with Crippen LogP contribution in [0, 0.1) is 11.8 Å². The molecule has 4 N–H and O–H groups in total. The number of hydrogen-bond donors (Lipinski definition) is 4. The van der Waals surface area contributed by atoms with E-state index in [2.05, 4.69) is 21.3 Å². The molecule has 6 heteroatoms. The SMILES string of the molecule is O=C(NC[C@@H]1CCC[C@@H](CNC(=O)NC2CC2)C1)NC1CC1. The van der Waals surface area contributed by atoms with Gasteiger partial charge in [-0.05, 0) is 56.8 Å². The summed E-state index contributed by atoms with van der Waals surface area (Å²) in [4.78, 5) is 23.3. The Morgan fingerprint density at radius 2 is 1.18 bits per heavy atom. The highest BCUT2D eigenvalue weighted by atomic mass is 16.2. The Bertz CT molecular complexity index is 371. The molecule has 0 heterocycles. The largest absolute Gasteiger partial charge is 0.338 e. The monoisotopic (exact) mass is 308 g/mol. The van der Waals surface area contributed by atoms with Crippen LogP contribution in [0.4, 0.5) is 9.59 Å². The zero-order chi connectivity index (χ0) is 15.4. The van der Waals surface area contributed by atoms with Crippen LogP contribution in [-0.2, 0) is 0 Å². The van der Waals surface area contributed by atoms with Crippen molar-refractivity contribution in [2.45, 2.75) is 63.5 Å². The second-order valence-corrected chi connectivity index (χ2v) is 7.16. The van der Waals surface area contributed by atoms with Crippen LogP contribution >= 0.6 is 0 Å². The van der Waals surface area contributed by atoms with Crippen molar-refractivity contribution < 1.29 is 9.59 Å². The van der Waals surface area contributed by atoms with Crippen molar-refractivity contribution in [1.29, 1.82) is 0 Å². The summed E-state index contributed by atoms with van der Waals surface area (Å²) < 4.78 is 0. The summed E-state index contributed by atoms with van der Waals surface area (Å²) >= 11 is 0. The number of carbonyl (C=O) groups is 2. The van der Waals surface area contributed by atoms with E-state index < -0.39 is 0 Å². The summed E-state index contributed by atoms with van der Waals surface area (Å²) in [7, 11) is 0. The predicted molar refractivity (Wildman–Crippen MR) is 84.6 cm³/mol. The normalized spacial score (nSPS) is 27.8. The Labute approximate surface area is 132 Å². The first-order valence-electron chi connectivity index (χ1n) is 8.78. The number of urea groups is 2. The average molecular weight is 308 g/mol. The lowest BCUT2D eigenvalue weighted by atomic mass is 9.81. The molecule has 2 atom stereocenters. The third-order valence-corrected chi connectivity index (χ3v) is 4.82. The maximum atomic E-state index is 11.7. The van der Waals surface area contributed by atoms with E-state index in [-0.39, 0.29) is 12.1 Å². The number of carbonyl (C=O) groups excluding carboxylic acids is 2. The van der Waals surface area contributed by atoms with Crippen LogP contribution < -0.4 is 21.3 Å². The van der Waals surface area contributed by atoms with Gasteiger partial charge in [0.05, 0.1) is 0 Å². The van der Waals surface area contributed by atoms with Crippen molar-refractivity contribution in [2.75, 3.05) is 13.1 Å². The van der Waals surface area contributed by atoms with E-state index >= 15 is 0 Å². The summed E-state index contributed by atoms with van der Waals surface area (Å²) in [6, 6.07) is 0.777. The summed E-state index contributed by atoms with van der Waals surface area (Å²) in [5.41, 5.74) is 0. The molecule has 0 aromatic heterocycles. The lowest BCUT2D eigenvalue weighted by molar-refractivity contribution is 0.221. The summed E-state index contributed by atoms with van der Waals surface area (Å²) in [5, 5.41) is 11.9. The highest BCUT2D eigenvalue weighted by molar-refractivity contribution is 5.74. The van der Waals surface area contributed by atoms with Gasteiger partial charge in [-0.3, -0.25) is 0 Å². The first-order chi connectivity index (χ1) is 10.7. The molecule has 3 rings (SSSR count). The van der Waals surface area contributed by atoms with Crippen molar-refractivity contribution >= 4 is 12.1 Å². The fraction of sp³-hybridized carbons (Fsp3) is 0.875. The lowest BCUT2D eigenvalue weighted by Gasteiger charge is -2.29. The highest BCUT2D eigenvalue weighted by Crippen LogP contribution is 2.28. The lowest BCUT2D eigenvalue weighted by Crippen LogP contribution is -2.42. The molecule has 3 aliphatic carbocycles. The van der Waals surface area contributed by atoms with Crippen molar-refractivity contribution in [3.63, 3.8) is 0 Å². The first-order valence-corrected chi connectivity index (χ1v) is 8.78. The Kier molecular flexibility index (Phi) is 5.05. The Morgan fingerprint density at radius 3 is 1.59 bits per heavy atom. The highest BCUT2D eigenvalue weighted by Gasteiger charge is 2.26. The molecule has 22 heavy (non-hydrogen) atoms. The number of hydrogen-bond acceptors (Lipinski definition) is 2. The van der Waals surface area contributed by atoms with Crippen molar-refractivity contribution in [3.8, 4) is 0 Å². The van der Waals surface area contributed by atoms with E-state index in [0.29, 0.717) is 23.9 Å². The van der Waals surface area contributed by atoms with Crippen LogP contribution in [0.5, 0.6) is 0 Å². The van der Waals surface area contributed by atoms with E-state index in [9.17, 15) is 9.59 Å². The van der Waals surface area contributed by atoms with Crippen LogP contribution in [0.2, 0.25) is 0 Å².